The lowest BCUT2D eigenvalue weighted by molar-refractivity contribution is -0.135. The second-order valence-corrected chi connectivity index (χ2v) is 6.19. The molecule has 20 heavy (non-hydrogen) atoms. The van der Waals surface area contributed by atoms with Crippen molar-refractivity contribution >= 4 is 5.91 Å². The molecular formula is C17H24N2O. The molecule has 0 bridgehead atoms. The highest BCUT2D eigenvalue weighted by Crippen LogP contribution is 2.29. The van der Waals surface area contributed by atoms with Crippen LogP contribution in [0.5, 0.6) is 0 Å². The maximum absolute atomic E-state index is 12.7. The Morgan fingerprint density at radius 3 is 2.55 bits per heavy atom. The minimum atomic E-state index is 0.0507. The molecule has 1 saturated heterocycles. The number of piperidine rings is 1. The molecule has 0 radical (unpaired) electrons. The zero-order valence-corrected chi connectivity index (χ0v) is 12.3. The van der Waals surface area contributed by atoms with Crippen molar-refractivity contribution in [2.45, 2.75) is 57.7 Å². The van der Waals surface area contributed by atoms with Crippen LogP contribution in [0.25, 0.3) is 0 Å². The van der Waals surface area contributed by atoms with Crippen LogP contribution in [0.3, 0.4) is 0 Å². The molecule has 1 amide bonds. The van der Waals surface area contributed by atoms with E-state index in [0.717, 1.165) is 19.5 Å². The third kappa shape index (κ3) is 3.21. The maximum Gasteiger partial charge on any atom is 0.240 e. The summed E-state index contributed by atoms with van der Waals surface area (Å²) < 4.78 is 0. The number of nitrogens with one attached hydrogen (secondary N) is 1. The number of carbonyl (C=O) groups is 1. The fraction of sp³-hybridized carbons (Fsp3) is 0.588. The fourth-order valence-electron chi connectivity index (χ4n) is 2.93. The zero-order chi connectivity index (χ0) is 13.9. The van der Waals surface area contributed by atoms with E-state index in [9.17, 15) is 4.79 Å². The minimum Gasteiger partial charge on any atom is -0.334 e. The van der Waals surface area contributed by atoms with Gasteiger partial charge >= 0.3 is 0 Å². The highest BCUT2D eigenvalue weighted by atomic mass is 16.2. The van der Waals surface area contributed by atoms with Crippen molar-refractivity contribution in [1.29, 1.82) is 0 Å². The molecule has 1 N–H and O–H groups in total. The molecule has 0 aromatic heterocycles. The van der Waals surface area contributed by atoms with Gasteiger partial charge in [-0.3, -0.25) is 4.79 Å². The molecule has 1 heterocycles. The van der Waals surface area contributed by atoms with Crippen molar-refractivity contribution in [3.8, 4) is 0 Å². The van der Waals surface area contributed by atoms with Crippen LogP contribution < -0.4 is 5.32 Å². The standard InChI is InChI=1S/C17H24N2O/c1-13-5-7-14(8-6-13)12-19(15-9-10-15)17(20)16-4-2-3-11-18-16/h5-8,15-16,18H,2-4,9-12H2,1H3/t16-/m0/s1. The van der Waals surface area contributed by atoms with Gasteiger partial charge in [-0.15, -0.1) is 0 Å². The third-order valence-corrected chi connectivity index (χ3v) is 4.35. The minimum absolute atomic E-state index is 0.0507. The molecule has 1 aliphatic heterocycles. The average Bonchev–Trinajstić information content (AvgIpc) is 3.31. The van der Waals surface area contributed by atoms with E-state index in [4.69, 9.17) is 0 Å². The van der Waals surface area contributed by atoms with E-state index in [1.54, 1.807) is 0 Å². The molecular weight excluding hydrogens is 248 g/mol. The quantitative estimate of drug-likeness (QED) is 0.914. The summed E-state index contributed by atoms with van der Waals surface area (Å²) in [5, 5.41) is 3.39. The van der Waals surface area contributed by atoms with Gasteiger partial charge in [0.25, 0.3) is 0 Å². The van der Waals surface area contributed by atoms with E-state index in [2.05, 4.69) is 41.4 Å². The van der Waals surface area contributed by atoms with Gasteiger partial charge in [-0.05, 0) is 44.7 Å². The van der Waals surface area contributed by atoms with E-state index in [1.807, 2.05) is 0 Å². The van der Waals surface area contributed by atoms with Gasteiger partial charge in [0.1, 0.15) is 0 Å². The summed E-state index contributed by atoms with van der Waals surface area (Å²) >= 11 is 0. The number of hydrogen-bond donors (Lipinski definition) is 1. The van der Waals surface area contributed by atoms with Crippen LogP contribution in [0.2, 0.25) is 0 Å². The van der Waals surface area contributed by atoms with E-state index in [0.29, 0.717) is 11.9 Å². The number of benzene rings is 1. The molecule has 3 rings (SSSR count). The number of carbonyl (C=O) groups excluding carboxylic acids is 1. The van der Waals surface area contributed by atoms with Crippen molar-refractivity contribution in [1.82, 2.24) is 10.2 Å². The second kappa shape index (κ2) is 5.96. The molecule has 1 saturated carbocycles. The first kappa shape index (κ1) is 13.6. The summed E-state index contributed by atoms with van der Waals surface area (Å²) in [6, 6.07) is 9.08. The molecule has 1 aromatic rings. The van der Waals surface area contributed by atoms with Gasteiger partial charge in [0, 0.05) is 12.6 Å². The number of amides is 1. The average molecular weight is 272 g/mol. The van der Waals surface area contributed by atoms with Crippen molar-refractivity contribution in [2.24, 2.45) is 0 Å². The van der Waals surface area contributed by atoms with Crippen molar-refractivity contribution in [2.75, 3.05) is 6.54 Å². The fourth-order valence-corrected chi connectivity index (χ4v) is 2.93. The van der Waals surface area contributed by atoms with Gasteiger partial charge < -0.3 is 10.2 Å². The van der Waals surface area contributed by atoms with Crippen LogP contribution >= 0.6 is 0 Å². The Bertz CT molecular complexity index is 458. The van der Waals surface area contributed by atoms with Crippen molar-refractivity contribution in [3.05, 3.63) is 35.4 Å². The molecule has 1 aliphatic carbocycles. The number of hydrogen-bond acceptors (Lipinski definition) is 2. The molecule has 1 aromatic carbocycles. The molecule has 3 nitrogen and oxygen atoms in total. The van der Waals surface area contributed by atoms with Crippen LogP contribution in [0.4, 0.5) is 0 Å². The highest BCUT2D eigenvalue weighted by Gasteiger charge is 2.36. The van der Waals surface area contributed by atoms with Gasteiger partial charge in [-0.25, -0.2) is 0 Å². The summed E-state index contributed by atoms with van der Waals surface area (Å²) in [4.78, 5) is 14.8. The van der Waals surface area contributed by atoms with Crippen LogP contribution in [0, 0.1) is 6.92 Å². The normalized spacial score (nSPS) is 22.6. The Balaban J connectivity index is 1.68. The Kier molecular flexibility index (Phi) is 4.06. The van der Waals surface area contributed by atoms with Crippen LogP contribution in [0.1, 0.15) is 43.2 Å². The number of aryl methyl sites for hydroxylation is 1. The molecule has 2 fully saturated rings. The summed E-state index contributed by atoms with van der Waals surface area (Å²) in [6.45, 7) is 3.85. The van der Waals surface area contributed by atoms with Crippen molar-refractivity contribution in [3.63, 3.8) is 0 Å². The monoisotopic (exact) mass is 272 g/mol. The Morgan fingerprint density at radius 1 is 1.20 bits per heavy atom. The van der Waals surface area contributed by atoms with Gasteiger partial charge in [-0.1, -0.05) is 36.2 Å². The van der Waals surface area contributed by atoms with Gasteiger partial charge in [0.15, 0.2) is 0 Å². The lowest BCUT2D eigenvalue weighted by Crippen LogP contribution is -2.49. The molecule has 0 unspecified atom stereocenters. The Morgan fingerprint density at radius 2 is 1.95 bits per heavy atom. The largest absolute Gasteiger partial charge is 0.334 e. The van der Waals surface area contributed by atoms with E-state index >= 15 is 0 Å². The number of nitrogens with zero attached hydrogens (tertiary/aromatic N) is 1. The summed E-state index contributed by atoms with van der Waals surface area (Å²) in [5.74, 6) is 0.313. The Hall–Kier alpha value is -1.35. The zero-order valence-electron chi connectivity index (χ0n) is 12.3. The first-order valence-corrected chi connectivity index (χ1v) is 7.83. The van der Waals surface area contributed by atoms with Crippen LogP contribution in [-0.4, -0.2) is 29.4 Å². The lowest BCUT2D eigenvalue weighted by atomic mass is 10.0. The van der Waals surface area contributed by atoms with Gasteiger partial charge in [0.2, 0.25) is 5.91 Å². The maximum atomic E-state index is 12.7. The smallest absolute Gasteiger partial charge is 0.240 e. The molecule has 0 spiro atoms. The molecule has 2 aliphatic rings. The summed E-state index contributed by atoms with van der Waals surface area (Å²) in [7, 11) is 0. The predicted octanol–water partition coefficient (Wildman–Crippen LogP) is 2.63. The first-order chi connectivity index (χ1) is 9.74. The SMILES string of the molecule is Cc1ccc(CN(C(=O)[C@@H]2CCCCN2)C2CC2)cc1. The summed E-state index contributed by atoms with van der Waals surface area (Å²) in [5.41, 5.74) is 2.51. The third-order valence-electron chi connectivity index (χ3n) is 4.35. The predicted molar refractivity (Wildman–Crippen MR) is 80.4 cm³/mol. The van der Waals surface area contributed by atoms with Gasteiger partial charge in [-0.2, -0.15) is 0 Å². The number of rotatable bonds is 4. The van der Waals surface area contributed by atoms with E-state index in [-0.39, 0.29) is 6.04 Å². The van der Waals surface area contributed by atoms with Gasteiger partial charge in [0.05, 0.1) is 6.04 Å². The molecule has 3 heteroatoms. The van der Waals surface area contributed by atoms with E-state index in [1.165, 1.54) is 36.8 Å². The molecule has 1 atom stereocenters. The first-order valence-electron chi connectivity index (χ1n) is 7.83. The Labute approximate surface area is 121 Å². The van der Waals surface area contributed by atoms with E-state index < -0.39 is 0 Å². The molecule has 108 valence electrons. The lowest BCUT2D eigenvalue weighted by Gasteiger charge is -2.30. The highest BCUT2D eigenvalue weighted by molar-refractivity contribution is 5.82. The summed E-state index contributed by atoms with van der Waals surface area (Å²) in [6.07, 6.45) is 5.71. The van der Waals surface area contributed by atoms with Crippen LogP contribution in [-0.2, 0) is 11.3 Å². The van der Waals surface area contributed by atoms with Crippen molar-refractivity contribution < 1.29 is 4.79 Å². The second-order valence-electron chi connectivity index (χ2n) is 6.19. The van der Waals surface area contributed by atoms with Crippen LogP contribution in [0.15, 0.2) is 24.3 Å². The topological polar surface area (TPSA) is 32.3 Å².